The molecule has 62 valence electrons. The Balaban J connectivity index is 3.12. The lowest BCUT2D eigenvalue weighted by Crippen LogP contribution is -2.26. The van der Waals surface area contributed by atoms with Crippen LogP contribution in [0.3, 0.4) is 0 Å². The van der Waals surface area contributed by atoms with E-state index in [-0.39, 0.29) is 0 Å². The van der Waals surface area contributed by atoms with Gasteiger partial charge in [-0.3, -0.25) is 0 Å². The largest absolute Gasteiger partial charge is 0.315 e. The van der Waals surface area contributed by atoms with Gasteiger partial charge in [0.1, 0.15) is 9.58 Å². The first kappa shape index (κ1) is 8.70. The highest BCUT2D eigenvalue weighted by Gasteiger charge is 2.19. The Morgan fingerprint density at radius 2 is 2.27 bits per heavy atom. The Morgan fingerprint density at radius 1 is 1.64 bits per heavy atom. The Bertz CT molecular complexity index is 312. The standard InChI is InChI=1S/C6H9NO2S2/c1-5(7)11(8,9)6-3-2-4-10-6/h2-5H,7H2,1H3. The highest BCUT2D eigenvalue weighted by molar-refractivity contribution is 7.93. The molecule has 0 saturated heterocycles. The van der Waals surface area contributed by atoms with Crippen LogP contribution in [-0.2, 0) is 9.84 Å². The number of thiophene rings is 1. The van der Waals surface area contributed by atoms with E-state index in [1.54, 1.807) is 17.5 Å². The van der Waals surface area contributed by atoms with Gasteiger partial charge in [-0.25, -0.2) is 8.42 Å². The summed E-state index contributed by atoms with van der Waals surface area (Å²) in [5.41, 5.74) is 5.28. The van der Waals surface area contributed by atoms with E-state index < -0.39 is 15.2 Å². The van der Waals surface area contributed by atoms with E-state index >= 15 is 0 Å². The van der Waals surface area contributed by atoms with E-state index in [4.69, 9.17) is 5.73 Å². The summed E-state index contributed by atoms with van der Waals surface area (Å²) in [6, 6.07) is 3.25. The van der Waals surface area contributed by atoms with Crippen LogP contribution in [0.2, 0.25) is 0 Å². The molecular weight excluding hydrogens is 182 g/mol. The van der Waals surface area contributed by atoms with E-state index in [0.29, 0.717) is 4.21 Å². The summed E-state index contributed by atoms with van der Waals surface area (Å²) in [5, 5.41) is 0.899. The zero-order valence-electron chi connectivity index (χ0n) is 6.02. The molecule has 0 aliphatic rings. The predicted molar refractivity (Wildman–Crippen MR) is 45.2 cm³/mol. The third kappa shape index (κ3) is 1.61. The first-order valence-corrected chi connectivity index (χ1v) is 5.50. The van der Waals surface area contributed by atoms with Gasteiger partial charge in [-0.15, -0.1) is 11.3 Å². The summed E-state index contributed by atoms with van der Waals surface area (Å²) in [5.74, 6) is 0. The van der Waals surface area contributed by atoms with Crippen molar-refractivity contribution in [1.29, 1.82) is 0 Å². The molecule has 1 unspecified atom stereocenters. The molecule has 1 aromatic rings. The second-order valence-corrected chi connectivity index (χ2v) is 5.66. The van der Waals surface area contributed by atoms with Crippen LogP contribution in [0.25, 0.3) is 0 Å². The summed E-state index contributed by atoms with van der Waals surface area (Å²) in [6.07, 6.45) is 0. The molecule has 0 aliphatic carbocycles. The Labute approximate surface area is 69.8 Å². The van der Waals surface area contributed by atoms with E-state index in [1.165, 1.54) is 18.3 Å². The van der Waals surface area contributed by atoms with Crippen LogP contribution in [0.5, 0.6) is 0 Å². The summed E-state index contributed by atoms with van der Waals surface area (Å²) < 4.78 is 22.9. The molecule has 2 N–H and O–H groups in total. The lowest BCUT2D eigenvalue weighted by molar-refractivity contribution is 0.587. The van der Waals surface area contributed by atoms with Gasteiger partial charge in [-0.05, 0) is 18.4 Å². The van der Waals surface area contributed by atoms with E-state index in [1.807, 2.05) is 0 Å². The van der Waals surface area contributed by atoms with Crippen molar-refractivity contribution in [3.8, 4) is 0 Å². The summed E-state index contributed by atoms with van der Waals surface area (Å²) in [6.45, 7) is 1.47. The van der Waals surface area contributed by atoms with Crippen molar-refractivity contribution in [3.63, 3.8) is 0 Å². The van der Waals surface area contributed by atoms with Crippen molar-refractivity contribution in [2.24, 2.45) is 5.73 Å². The molecule has 1 heterocycles. The van der Waals surface area contributed by atoms with Gasteiger partial charge < -0.3 is 5.73 Å². The maximum atomic E-state index is 11.3. The number of sulfone groups is 1. The van der Waals surface area contributed by atoms with Gasteiger partial charge in [-0.2, -0.15) is 0 Å². The Morgan fingerprint density at radius 3 is 2.64 bits per heavy atom. The quantitative estimate of drug-likeness (QED) is 0.753. The molecule has 0 spiro atoms. The first-order chi connectivity index (χ1) is 5.05. The molecular formula is C6H9NO2S2. The molecule has 0 aliphatic heterocycles. The Hall–Kier alpha value is -0.390. The van der Waals surface area contributed by atoms with Crippen LogP contribution in [0.15, 0.2) is 21.7 Å². The van der Waals surface area contributed by atoms with Crippen LogP contribution in [0, 0.1) is 0 Å². The first-order valence-electron chi connectivity index (χ1n) is 3.08. The average Bonchev–Trinajstić information content (AvgIpc) is 2.37. The van der Waals surface area contributed by atoms with Gasteiger partial charge in [0.25, 0.3) is 0 Å². The normalized spacial score (nSPS) is 14.7. The van der Waals surface area contributed by atoms with E-state index in [2.05, 4.69) is 0 Å². The molecule has 11 heavy (non-hydrogen) atoms. The average molecular weight is 191 g/mol. The van der Waals surface area contributed by atoms with Crippen LogP contribution in [0.1, 0.15) is 6.92 Å². The molecule has 0 aromatic carbocycles. The van der Waals surface area contributed by atoms with E-state index in [0.717, 1.165) is 0 Å². The van der Waals surface area contributed by atoms with E-state index in [9.17, 15) is 8.42 Å². The minimum atomic E-state index is -3.24. The van der Waals surface area contributed by atoms with Crippen LogP contribution in [-0.4, -0.2) is 13.8 Å². The monoisotopic (exact) mass is 191 g/mol. The highest BCUT2D eigenvalue weighted by Crippen LogP contribution is 2.18. The maximum absolute atomic E-state index is 11.3. The molecule has 5 heteroatoms. The topological polar surface area (TPSA) is 60.2 Å². The smallest absolute Gasteiger partial charge is 0.203 e. The summed E-state index contributed by atoms with van der Waals surface area (Å²) >= 11 is 1.19. The zero-order valence-corrected chi connectivity index (χ0v) is 7.65. The fourth-order valence-corrected chi connectivity index (χ4v) is 2.85. The molecule has 0 amide bonds. The zero-order chi connectivity index (χ0) is 8.48. The maximum Gasteiger partial charge on any atom is 0.203 e. The third-order valence-corrected chi connectivity index (χ3v) is 4.59. The molecule has 0 saturated carbocycles. The third-order valence-electron chi connectivity index (χ3n) is 1.26. The number of nitrogens with two attached hydrogens (primary N) is 1. The SMILES string of the molecule is CC(N)S(=O)(=O)c1cccs1. The number of rotatable bonds is 2. The molecule has 0 bridgehead atoms. The number of hydrogen-bond donors (Lipinski definition) is 1. The summed E-state index contributed by atoms with van der Waals surface area (Å²) in [4.78, 5) is 0. The summed E-state index contributed by atoms with van der Waals surface area (Å²) in [7, 11) is -3.24. The molecule has 3 nitrogen and oxygen atoms in total. The van der Waals surface area contributed by atoms with Crippen molar-refractivity contribution in [2.75, 3.05) is 0 Å². The van der Waals surface area contributed by atoms with Crippen molar-refractivity contribution in [1.82, 2.24) is 0 Å². The molecule has 1 atom stereocenters. The van der Waals surface area contributed by atoms with Crippen molar-refractivity contribution in [2.45, 2.75) is 16.5 Å². The molecule has 0 radical (unpaired) electrons. The van der Waals surface area contributed by atoms with Gasteiger partial charge in [0.2, 0.25) is 9.84 Å². The Kier molecular flexibility index (Phi) is 2.31. The van der Waals surface area contributed by atoms with Gasteiger partial charge in [-0.1, -0.05) is 6.07 Å². The lowest BCUT2D eigenvalue weighted by atomic mass is 10.7. The highest BCUT2D eigenvalue weighted by atomic mass is 32.2. The number of hydrogen-bond acceptors (Lipinski definition) is 4. The second-order valence-electron chi connectivity index (χ2n) is 2.18. The van der Waals surface area contributed by atoms with Crippen molar-refractivity contribution in [3.05, 3.63) is 17.5 Å². The molecule has 1 rings (SSSR count). The fourth-order valence-electron chi connectivity index (χ4n) is 0.609. The van der Waals surface area contributed by atoms with Crippen molar-refractivity contribution >= 4 is 21.2 Å². The van der Waals surface area contributed by atoms with Gasteiger partial charge in [0, 0.05) is 0 Å². The van der Waals surface area contributed by atoms with Gasteiger partial charge in [0.05, 0.1) is 0 Å². The second kappa shape index (κ2) is 2.92. The fraction of sp³-hybridized carbons (Fsp3) is 0.333. The minimum absolute atomic E-state index is 0.340. The van der Waals surface area contributed by atoms with Crippen LogP contribution in [0.4, 0.5) is 0 Å². The predicted octanol–water partition coefficient (Wildman–Crippen LogP) is 0.827. The van der Waals surface area contributed by atoms with Crippen LogP contribution >= 0.6 is 11.3 Å². The van der Waals surface area contributed by atoms with Gasteiger partial charge >= 0.3 is 0 Å². The van der Waals surface area contributed by atoms with Crippen LogP contribution < -0.4 is 5.73 Å². The lowest BCUT2D eigenvalue weighted by Gasteiger charge is -2.03. The minimum Gasteiger partial charge on any atom is -0.315 e. The van der Waals surface area contributed by atoms with Crippen molar-refractivity contribution < 1.29 is 8.42 Å². The van der Waals surface area contributed by atoms with Gasteiger partial charge in [0.15, 0.2) is 0 Å². The molecule has 1 aromatic heterocycles. The molecule has 0 fully saturated rings.